The van der Waals surface area contributed by atoms with Crippen molar-refractivity contribution in [3.05, 3.63) is 33.8 Å². The number of hydrogen-bond acceptors (Lipinski definition) is 2. The third kappa shape index (κ3) is 3.73. The maximum atomic E-state index is 12.9. The molecule has 0 fully saturated rings. The van der Waals surface area contributed by atoms with E-state index in [0.29, 0.717) is 0 Å². The van der Waals surface area contributed by atoms with Gasteiger partial charge in [0, 0.05) is 4.47 Å². The summed E-state index contributed by atoms with van der Waals surface area (Å²) in [7, 11) is 0. The van der Waals surface area contributed by atoms with E-state index in [1.54, 1.807) is 6.92 Å². The Bertz CT molecular complexity index is 566. The van der Waals surface area contributed by atoms with Gasteiger partial charge in [-0.25, -0.2) is 0 Å². The number of rotatable bonds is 3. The number of carbonyl (C=O) groups is 1. The van der Waals surface area contributed by atoms with Crippen LogP contribution in [0.25, 0.3) is 0 Å². The standard InChI is InChI=1S/C13H12BrF3N2O/c1-3-12(2,7-18)19-11(20)9-5-4-8(14)6-10(9)13(15,16)17/h4-6H,3H2,1-2H3,(H,19,20). The van der Waals surface area contributed by atoms with Crippen LogP contribution in [-0.2, 0) is 6.18 Å². The molecule has 0 saturated carbocycles. The van der Waals surface area contributed by atoms with Crippen molar-refractivity contribution in [2.75, 3.05) is 0 Å². The second-order valence-electron chi connectivity index (χ2n) is 4.44. The van der Waals surface area contributed by atoms with Crippen LogP contribution in [0.2, 0.25) is 0 Å². The minimum Gasteiger partial charge on any atom is -0.334 e. The van der Waals surface area contributed by atoms with E-state index in [4.69, 9.17) is 5.26 Å². The zero-order chi connectivity index (χ0) is 15.6. The second-order valence-corrected chi connectivity index (χ2v) is 5.35. The highest BCUT2D eigenvalue weighted by molar-refractivity contribution is 9.10. The Morgan fingerprint density at radius 3 is 2.50 bits per heavy atom. The average Bonchev–Trinajstić information content (AvgIpc) is 2.37. The summed E-state index contributed by atoms with van der Waals surface area (Å²) in [6, 6.07) is 5.14. The number of nitriles is 1. The first-order valence-electron chi connectivity index (χ1n) is 5.73. The summed E-state index contributed by atoms with van der Waals surface area (Å²) in [6.07, 6.45) is -4.36. The van der Waals surface area contributed by atoms with Crippen molar-refractivity contribution in [2.24, 2.45) is 0 Å². The van der Waals surface area contributed by atoms with E-state index in [2.05, 4.69) is 21.2 Å². The van der Waals surface area contributed by atoms with Crippen molar-refractivity contribution in [1.29, 1.82) is 5.26 Å². The molecule has 0 spiro atoms. The lowest BCUT2D eigenvalue weighted by Crippen LogP contribution is -2.44. The first-order valence-corrected chi connectivity index (χ1v) is 6.53. The molecule has 1 rings (SSSR count). The van der Waals surface area contributed by atoms with Crippen LogP contribution in [0.1, 0.15) is 36.2 Å². The molecule has 1 amide bonds. The summed E-state index contributed by atoms with van der Waals surface area (Å²) in [5, 5.41) is 11.3. The summed E-state index contributed by atoms with van der Waals surface area (Å²) in [5.74, 6) is -0.921. The van der Waals surface area contributed by atoms with Gasteiger partial charge in [-0.2, -0.15) is 18.4 Å². The molecule has 0 bridgehead atoms. The van der Waals surface area contributed by atoms with Crippen LogP contribution >= 0.6 is 15.9 Å². The Morgan fingerprint density at radius 2 is 2.05 bits per heavy atom. The highest BCUT2D eigenvalue weighted by atomic mass is 79.9. The first-order chi connectivity index (χ1) is 9.13. The number of nitrogens with zero attached hydrogens (tertiary/aromatic N) is 1. The van der Waals surface area contributed by atoms with Crippen LogP contribution < -0.4 is 5.32 Å². The van der Waals surface area contributed by atoms with E-state index >= 15 is 0 Å². The van der Waals surface area contributed by atoms with E-state index < -0.39 is 28.7 Å². The summed E-state index contributed by atoms with van der Waals surface area (Å²) in [6.45, 7) is 3.12. The molecule has 0 saturated heterocycles. The number of benzene rings is 1. The third-order valence-electron chi connectivity index (χ3n) is 2.87. The predicted molar refractivity (Wildman–Crippen MR) is 70.9 cm³/mol. The van der Waals surface area contributed by atoms with Crippen molar-refractivity contribution >= 4 is 21.8 Å². The Labute approximate surface area is 122 Å². The number of carbonyl (C=O) groups excluding carboxylic acids is 1. The number of nitrogens with one attached hydrogen (secondary N) is 1. The van der Waals surface area contributed by atoms with Crippen LogP contribution in [0.4, 0.5) is 13.2 Å². The topological polar surface area (TPSA) is 52.9 Å². The van der Waals surface area contributed by atoms with Gasteiger partial charge in [0.25, 0.3) is 5.91 Å². The van der Waals surface area contributed by atoms with Gasteiger partial charge >= 0.3 is 6.18 Å². The van der Waals surface area contributed by atoms with Gasteiger partial charge in [0.1, 0.15) is 5.54 Å². The lowest BCUT2D eigenvalue weighted by molar-refractivity contribution is -0.138. The quantitative estimate of drug-likeness (QED) is 0.900. The number of amides is 1. The SMILES string of the molecule is CCC(C)(C#N)NC(=O)c1ccc(Br)cc1C(F)(F)F. The van der Waals surface area contributed by atoms with Crippen LogP contribution in [0.3, 0.4) is 0 Å². The molecule has 0 aliphatic carbocycles. The maximum absolute atomic E-state index is 12.9. The monoisotopic (exact) mass is 348 g/mol. The normalized spacial score (nSPS) is 14.2. The zero-order valence-electron chi connectivity index (χ0n) is 10.8. The van der Waals surface area contributed by atoms with Crippen LogP contribution in [0.15, 0.2) is 22.7 Å². The maximum Gasteiger partial charge on any atom is 0.417 e. The van der Waals surface area contributed by atoms with Gasteiger partial charge in [-0.1, -0.05) is 22.9 Å². The fourth-order valence-corrected chi connectivity index (χ4v) is 1.82. The number of halogens is 4. The van der Waals surface area contributed by atoms with Crippen molar-refractivity contribution in [3.8, 4) is 6.07 Å². The van der Waals surface area contributed by atoms with Gasteiger partial charge < -0.3 is 5.32 Å². The second kappa shape index (κ2) is 5.83. The van der Waals surface area contributed by atoms with Gasteiger partial charge in [-0.3, -0.25) is 4.79 Å². The molecule has 20 heavy (non-hydrogen) atoms. The van der Waals surface area contributed by atoms with Crippen molar-refractivity contribution < 1.29 is 18.0 Å². The fourth-order valence-electron chi connectivity index (χ4n) is 1.46. The molecule has 0 heterocycles. The summed E-state index contributed by atoms with van der Waals surface area (Å²) < 4.78 is 39.0. The predicted octanol–water partition coefficient (Wildman–Crippen LogP) is 3.89. The van der Waals surface area contributed by atoms with E-state index in [1.165, 1.54) is 13.0 Å². The molecule has 1 atom stereocenters. The van der Waals surface area contributed by atoms with Gasteiger partial charge in [-0.15, -0.1) is 0 Å². The Kier molecular flexibility index (Phi) is 4.81. The molecule has 1 aromatic rings. The van der Waals surface area contributed by atoms with Gasteiger partial charge in [0.05, 0.1) is 17.2 Å². The molecular formula is C13H12BrF3N2O. The Hall–Kier alpha value is -1.55. The highest BCUT2D eigenvalue weighted by Gasteiger charge is 2.36. The minimum absolute atomic E-state index is 0.222. The van der Waals surface area contributed by atoms with Crippen LogP contribution in [0, 0.1) is 11.3 Å². The molecule has 3 nitrogen and oxygen atoms in total. The molecule has 108 valence electrons. The van der Waals surface area contributed by atoms with Crippen LogP contribution in [-0.4, -0.2) is 11.4 Å². The molecule has 1 N–H and O–H groups in total. The molecule has 0 aliphatic rings. The Balaban J connectivity index is 3.21. The highest BCUT2D eigenvalue weighted by Crippen LogP contribution is 2.34. The lowest BCUT2D eigenvalue weighted by Gasteiger charge is -2.22. The number of alkyl halides is 3. The third-order valence-corrected chi connectivity index (χ3v) is 3.37. The molecule has 1 aromatic carbocycles. The summed E-state index contributed by atoms with van der Waals surface area (Å²) in [4.78, 5) is 12.0. The van der Waals surface area contributed by atoms with Gasteiger partial charge in [0.15, 0.2) is 0 Å². The summed E-state index contributed by atoms with van der Waals surface area (Å²) >= 11 is 2.94. The molecule has 0 aliphatic heterocycles. The number of hydrogen-bond donors (Lipinski definition) is 1. The van der Waals surface area contributed by atoms with E-state index in [0.717, 1.165) is 12.1 Å². The zero-order valence-corrected chi connectivity index (χ0v) is 12.4. The molecule has 1 unspecified atom stereocenters. The van der Waals surface area contributed by atoms with Gasteiger partial charge in [0.2, 0.25) is 0 Å². The smallest absolute Gasteiger partial charge is 0.334 e. The van der Waals surface area contributed by atoms with Crippen molar-refractivity contribution in [3.63, 3.8) is 0 Å². The van der Waals surface area contributed by atoms with E-state index in [1.807, 2.05) is 6.07 Å². The molecule has 0 aromatic heterocycles. The van der Waals surface area contributed by atoms with E-state index in [9.17, 15) is 18.0 Å². The fraction of sp³-hybridized carbons (Fsp3) is 0.385. The van der Waals surface area contributed by atoms with Gasteiger partial charge in [-0.05, 0) is 31.5 Å². The summed E-state index contributed by atoms with van der Waals surface area (Å²) in [5.41, 5.74) is -2.75. The first kappa shape index (κ1) is 16.5. The average molecular weight is 349 g/mol. The molecule has 0 radical (unpaired) electrons. The largest absolute Gasteiger partial charge is 0.417 e. The molecule has 7 heteroatoms. The Morgan fingerprint density at radius 1 is 1.45 bits per heavy atom. The minimum atomic E-state index is -4.65. The van der Waals surface area contributed by atoms with Crippen molar-refractivity contribution in [2.45, 2.75) is 32.0 Å². The molecular weight excluding hydrogens is 337 g/mol. The lowest BCUT2D eigenvalue weighted by atomic mass is 9.99. The van der Waals surface area contributed by atoms with Crippen LogP contribution in [0.5, 0.6) is 0 Å². The van der Waals surface area contributed by atoms with Crippen molar-refractivity contribution in [1.82, 2.24) is 5.32 Å². The van der Waals surface area contributed by atoms with E-state index in [-0.39, 0.29) is 10.9 Å².